The summed E-state index contributed by atoms with van der Waals surface area (Å²) < 4.78 is 6.75. The quantitative estimate of drug-likeness (QED) is 0.162. The third kappa shape index (κ3) is 5.90. The third-order valence-corrected chi connectivity index (χ3v) is 11.7. The van der Waals surface area contributed by atoms with Gasteiger partial charge < -0.3 is 9.32 Å². The van der Waals surface area contributed by atoms with E-state index in [2.05, 4.69) is 152 Å². The molecule has 5 heteroatoms. The number of nitrogens with zero attached hydrogens (tertiary/aromatic N) is 4. The molecule has 59 heavy (non-hydrogen) atoms. The molecule has 2 heterocycles. The van der Waals surface area contributed by atoms with Gasteiger partial charge in [0, 0.05) is 55.5 Å². The molecule has 0 bridgehead atoms. The van der Waals surface area contributed by atoms with Gasteiger partial charge in [0.2, 0.25) is 0 Å². The van der Waals surface area contributed by atoms with Crippen molar-refractivity contribution in [1.82, 2.24) is 15.0 Å². The average Bonchev–Trinajstić information content (AvgIpc) is 3.79. The fraction of sp³-hybridized carbons (Fsp3) is 0.0556. The summed E-state index contributed by atoms with van der Waals surface area (Å²) in [6, 6.07) is 67.9. The molecule has 0 amide bonds. The van der Waals surface area contributed by atoms with E-state index in [9.17, 15) is 0 Å². The maximum Gasteiger partial charge on any atom is 0.164 e. The van der Waals surface area contributed by atoms with Crippen LogP contribution < -0.4 is 4.90 Å². The first-order chi connectivity index (χ1) is 29.0. The van der Waals surface area contributed by atoms with Gasteiger partial charge in [-0.15, -0.1) is 0 Å². The Morgan fingerprint density at radius 1 is 0.390 bits per heavy atom. The molecule has 0 aliphatic heterocycles. The highest BCUT2D eigenvalue weighted by molar-refractivity contribution is 6.10. The molecule has 0 N–H and O–H groups in total. The third-order valence-electron chi connectivity index (χ3n) is 11.7. The van der Waals surface area contributed by atoms with Gasteiger partial charge in [0.1, 0.15) is 11.2 Å². The zero-order valence-corrected chi connectivity index (χ0v) is 32.7. The van der Waals surface area contributed by atoms with Crippen LogP contribution in [0.1, 0.15) is 25.0 Å². The molecule has 280 valence electrons. The second-order valence-electron chi connectivity index (χ2n) is 15.7. The summed E-state index contributed by atoms with van der Waals surface area (Å²) in [5.41, 5.74) is 15.1. The number of para-hydroxylation sites is 2. The molecule has 8 aromatic carbocycles. The van der Waals surface area contributed by atoms with Crippen LogP contribution in [0.25, 0.3) is 78.4 Å². The normalized spacial score (nSPS) is 12.7. The summed E-state index contributed by atoms with van der Waals surface area (Å²) in [5.74, 6) is 1.84. The molecular formula is C54H38N4O. The first-order valence-corrected chi connectivity index (χ1v) is 20.0. The molecule has 1 aliphatic rings. The van der Waals surface area contributed by atoms with Crippen molar-refractivity contribution >= 4 is 39.0 Å². The summed E-state index contributed by atoms with van der Waals surface area (Å²) in [6.45, 7) is 4.65. The van der Waals surface area contributed by atoms with Gasteiger partial charge in [-0.25, -0.2) is 15.0 Å². The van der Waals surface area contributed by atoms with E-state index >= 15 is 0 Å². The van der Waals surface area contributed by atoms with E-state index in [1.165, 1.54) is 22.3 Å². The lowest BCUT2D eigenvalue weighted by molar-refractivity contribution is 0.660. The summed E-state index contributed by atoms with van der Waals surface area (Å²) in [6.07, 6.45) is 0. The van der Waals surface area contributed by atoms with Crippen LogP contribution >= 0.6 is 0 Å². The Balaban J connectivity index is 0.976. The predicted octanol–water partition coefficient (Wildman–Crippen LogP) is 14.2. The molecule has 0 radical (unpaired) electrons. The van der Waals surface area contributed by atoms with E-state index in [0.717, 1.165) is 66.8 Å². The van der Waals surface area contributed by atoms with Crippen LogP contribution in [-0.2, 0) is 5.41 Å². The number of anilines is 3. The first-order valence-electron chi connectivity index (χ1n) is 20.0. The molecule has 0 saturated heterocycles. The van der Waals surface area contributed by atoms with Crippen LogP contribution in [0.3, 0.4) is 0 Å². The van der Waals surface area contributed by atoms with E-state index in [-0.39, 0.29) is 5.41 Å². The Morgan fingerprint density at radius 2 is 0.932 bits per heavy atom. The lowest BCUT2D eigenvalue weighted by Crippen LogP contribution is -2.15. The van der Waals surface area contributed by atoms with Crippen molar-refractivity contribution in [2.45, 2.75) is 19.3 Å². The number of aromatic nitrogens is 3. The van der Waals surface area contributed by atoms with Crippen LogP contribution in [0.4, 0.5) is 17.1 Å². The lowest BCUT2D eigenvalue weighted by Gasteiger charge is -2.27. The van der Waals surface area contributed by atoms with Gasteiger partial charge in [-0.1, -0.05) is 159 Å². The molecule has 11 rings (SSSR count). The SMILES string of the molecule is CC1(C)c2ccccc2-c2cc(N(c3ccccc3)c3ccc(-c4cccc5c4oc4cc(-c6nc(-c7ccccc7)nc(-c7ccccc7)n6)ccc45)cc3)ccc21. The largest absolute Gasteiger partial charge is 0.455 e. The van der Waals surface area contributed by atoms with Crippen molar-refractivity contribution in [2.75, 3.05) is 4.90 Å². The Morgan fingerprint density at radius 3 is 1.63 bits per heavy atom. The molecule has 0 saturated carbocycles. The molecule has 0 spiro atoms. The van der Waals surface area contributed by atoms with Crippen molar-refractivity contribution in [3.8, 4) is 56.4 Å². The van der Waals surface area contributed by atoms with Crippen LogP contribution in [0, 0.1) is 0 Å². The highest BCUT2D eigenvalue weighted by Crippen LogP contribution is 2.50. The van der Waals surface area contributed by atoms with Crippen molar-refractivity contribution < 1.29 is 4.42 Å². The standard InChI is InChI=1S/C54H38N4O/c1-54(2)47-24-13-12-21-43(47)46-34-41(30-32-48(46)54)58(39-19-10-5-11-20-39)40-28-25-35(26-29-40)42-22-14-23-45-44-31-27-38(33-49(44)59-50(42)45)53-56-51(36-15-6-3-7-16-36)55-52(57-53)37-17-8-4-9-18-37/h3-34H,1-2H3. The minimum absolute atomic E-state index is 0.0481. The maximum atomic E-state index is 6.75. The van der Waals surface area contributed by atoms with Crippen LogP contribution in [0.15, 0.2) is 199 Å². The number of benzene rings is 8. The van der Waals surface area contributed by atoms with E-state index < -0.39 is 0 Å². The summed E-state index contributed by atoms with van der Waals surface area (Å²) in [4.78, 5) is 17.1. The van der Waals surface area contributed by atoms with Crippen LogP contribution in [-0.4, -0.2) is 15.0 Å². The minimum atomic E-state index is -0.0481. The van der Waals surface area contributed by atoms with E-state index in [1.807, 2.05) is 60.7 Å². The first kappa shape index (κ1) is 34.6. The van der Waals surface area contributed by atoms with Gasteiger partial charge in [0.15, 0.2) is 17.5 Å². The molecule has 1 aliphatic carbocycles. The van der Waals surface area contributed by atoms with Gasteiger partial charge >= 0.3 is 0 Å². The predicted molar refractivity (Wildman–Crippen MR) is 241 cm³/mol. The summed E-state index contributed by atoms with van der Waals surface area (Å²) in [7, 11) is 0. The van der Waals surface area contributed by atoms with Gasteiger partial charge in [-0.05, 0) is 76.3 Å². The fourth-order valence-electron chi connectivity index (χ4n) is 8.76. The minimum Gasteiger partial charge on any atom is -0.455 e. The number of rotatable bonds is 7. The Labute approximate surface area is 342 Å². The number of hydrogen-bond acceptors (Lipinski definition) is 5. The zero-order valence-electron chi connectivity index (χ0n) is 32.7. The van der Waals surface area contributed by atoms with E-state index in [0.29, 0.717) is 17.5 Å². The number of fused-ring (bicyclic) bond motifs is 6. The second-order valence-corrected chi connectivity index (χ2v) is 15.7. The zero-order chi connectivity index (χ0) is 39.5. The molecule has 5 nitrogen and oxygen atoms in total. The van der Waals surface area contributed by atoms with Gasteiger partial charge in [-0.2, -0.15) is 0 Å². The molecule has 10 aromatic rings. The van der Waals surface area contributed by atoms with E-state index in [1.54, 1.807) is 0 Å². The van der Waals surface area contributed by atoms with Crippen LogP contribution in [0.5, 0.6) is 0 Å². The van der Waals surface area contributed by atoms with Crippen molar-refractivity contribution in [3.63, 3.8) is 0 Å². The summed E-state index contributed by atoms with van der Waals surface area (Å²) in [5, 5.41) is 2.10. The number of hydrogen-bond donors (Lipinski definition) is 0. The molecular weight excluding hydrogens is 721 g/mol. The van der Waals surface area contributed by atoms with E-state index in [4.69, 9.17) is 19.4 Å². The molecule has 0 fully saturated rings. The Hall–Kier alpha value is -7.63. The fourth-order valence-corrected chi connectivity index (χ4v) is 8.76. The lowest BCUT2D eigenvalue weighted by atomic mass is 9.82. The average molecular weight is 759 g/mol. The highest BCUT2D eigenvalue weighted by Gasteiger charge is 2.35. The monoisotopic (exact) mass is 758 g/mol. The Kier molecular flexibility index (Phi) is 8.09. The summed E-state index contributed by atoms with van der Waals surface area (Å²) >= 11 is 0. The topological polar surface area (TPSA) is 55.1 Å². The van der Waals surface area contributed by atoms with Gasteiger partial charge in [0.25, 0.3) is 0 Å². The van der Waals surface area contributed by atoms with Gasteiger partial charge in [-0.3, -0.25) is 0 Å². The number of furan rings is 1. The van der Waals surface area contributed by atoms with Crippen molar-refractivity contribution in [1.29, 1.82) is 0 Å². The second kappa shape index (κ2) is 13.8. The smallest absolute Gasteiger partial charge is 0.164 e. The van der Waals surface area contributed by atoms with Crippen molar-refractivity contribution in [3.05, 3.63) is 205 Å². The van der Waals surface area contributed by atoms with Gasteiger partial charge in [0.05, 0.1) is 0 Å². The molecule has 2 aromatic heterocycles. The molecule has 0 atom stereocenters. The van der Waals surface area contributed by atoms with Crippen molar-refractivity contribution in [2.24, 2.45) is 0 Å². The Bertz CT molecular complexity index is 3120. The maximum absolute atomic E-state index is 6.75. The van der Waals surface area contributed by atoms with Crippen LogP contribution in [0.2, 0.25) is 0 Å². The molecule has 0 unspecified atom stereocenters. The highest BCUT2D eigenvalue weighted by atomic mass is 16.3.